The van der Waals surface area contributed by atoms with E-state index in [0.29, 0.717) is 6.10 Å². The Morgan fingerprint density at radius 3 is 2.60 bits per heavy atom. The van der Waals surface area contributed by atoms with Gasteiger partial charge in [0.25, 0.3) is 0 Å². The first-order valence-corrected chi connectivity index (χ1v) is 8.84. The quantitative estimate of drug-likeness (QED) is 0.740. The molecule has 1 atom stereocenters. The topological polar surface area (TPSA) is 24.5 Å². The first kappa shape index (κ1) is 16.3. The zero-order valence-electron chi connectivity index (χ0n) is 13.6. The molecular weight excluding hydrogens is 248 g/mol. The monoisotopic (exact) mass is 282 g/mol. The summed E-state index contributed by atoms with van der Waals surface area (Å²) in [5.74, 6) is 0. The summed E-state index contributed by atoms with van der Waals surface area (Å²) in [5, 5.41) is 3.68. The fraction of sp³-hybridized carbons (Fsp3) is 1.00. The first-order valence-electron chi connectivity index (χ1n) is 8.84. The lowest BCUT2D eigenvalue weighted by atomic mass is 9.90. The van der Waals surface area contributed by atoms with Gasteiger partial charge in [0.1, 0.15) is 0 Å². The standard InChI is InChI=1S/C17H34N2O/c1-3-12-18-15-8-10-16(11-9-15)19(2)13-4-6-17-7-5-14-20-17/h15-18H,3-14H2,1-2H3. The second-order valence-corrected chi connectivity index (χ2v) is 6.72. The predicted molar refractivity (Wildman–Crippen MR) is 85.2 cm³/mol. The molecule has 20 heavy (non-hydrogen) atoms. The SMILES string of the molecule is CCCNC1CCC(N(C)CCCC2CCCO2)CC1. The van der Waals surface area contributed by atoms with Crippen molar-refractivity contribution < 1.29 is 4.74 Å². The molecule has 0 spiro atoms. The van der Waals surface area contributed by atoms with Crippen molar-refractivity contribution in [2.24, 2.45) is 0 Å². The highest BCUT2D eigenvalue weighted by Crippen LogP contribution is 2.23. The van der Waals surface area contributed by atoms with Crippen molar-refractivity contribution in [2.75, 3.05) is 26.7 Å². The molecule has 3 nitrogen and oxygen atoms in total. The minimum Gasteiger partial charge on any atom is -0.378 e. The Morgan fingerprint density at radius 1 is 1.15 bits per heavy atom. The van der Waals surface area contributed by atoms with Gasteiger partial charge in [0, 0.05) is 18.7 Å². The van der Waals surface area contributed by atoms with Crippen molar-refractivity contribution in [3.05, 3.63) is 0 Å². The molecule has 118 valence electrons. The summed E-state index contributed by atoms with van der Waals surface area (Å²) < 4.78 is 5.71. The third-order valence-electron chi connectivity index (χ3n) is 5.06. The molecule has 1 N–H and O–H groups in total. The van der Waals surface area contributed by atoms with E-state index in [4.69, 9.17) is 4.74 Å². The van der Waals surface area contributed by atoms with Crippen LogP contribution in [0.2, 0.25) is 0 Å². The molecule has 1 heterocycles. The molecule has 0 aromatic rings. The lowest BCUT2D eigenvalue weighted by molar-refractivity contribution is 0.0956. The molecule has 2 rings (SSSR count). The largest absolute Gasteiger partial charge is 0.378 e. The van der Waals surface area contributed by atoms with E-state index in [1.54, 1.807) is 0 Å². The van der Waals surface area contributed by atoms with Crippen LogP contribution in [0.15, 0.2) is 0 Å². The van der Waals surface area contributed by atoms with Gasteiger partial charge in [0.2, 0.25) is 0 Å². The van der Waals surface area contributed by atoms with Gasteiger partial charge in [-0.1, -0.05) is 6.92 Å². The summed E-state index contributed by atoms with van der Waals surface area (Å²) >= 11 is 0. The van der Waals surface area contributed by atoms with E-state index in [1.807, 2.05) is 0 Å². The van der Waals surface area contributed by atoms with Gasteiger partial charge in [0.15, 0.2) is 0 Å². The maximum Gasteiger partial charge on any atom is 0.0576 e. The molecule has 0 aromatic carbocycles. The average Bonchev–Trinajstić information content (AvgIpc) is 2.99. The Bertz CT molecular complexity index is 245. The van der Waals surface area contributed by atoms with Gasteiger partial charge >= 0.3 is 0 Å². The highest BCUT2D eigenvalue weighted by molar-refractivity contribution is 4.81. The van der Waals surface area contributed by atoms with E-state index < -0.39 is 0 Å². The van der Waals surface area contributed by atoms with E-state index in [0.717, 1.165) is 18.7 Å². The van der Waals surface area contributed by atoms with Crippen LogP contribution in [0.4, 0.5) is 0 Å². The van der Waals surface area contributed by atoms with Gasteiger partial charge in [0.05, 0.1) is 6.10 Å². The van der Waals surface area contributed by atoms with Crippen molar-refractivity contribution in [1.82, 2.24) is 10.2 Å². The lowest BCUT2D eigenvalue weighted by Crippen LogP contribution is -2.41. The molecule has 0 bridgehead atoms. The van der Waals surface area contributed by atoms with E-state index in [1.165, 1.54) is 70.9 Å². The summed E-state index contributed by atoms with van der Waals surface area (Å²) in [6.45, 7) is 5.68. The van der Waals surface area contributed by atoms with Crippen LogP contribution in [-0.2, 0) is 4.74 Å². The zero-order chi connectivity index (χ0) is 14.2. The van der Waals surface area contributed by atoms with Crippen LogP contribution in [0.25, 0.3) is 0 Å². The molecule has 2 fully saturated rings. The van der Waals surface area contributed by atoms with Crippen LogP contribution < -0.4 is 5.32 Å². The number of rotatable bonds is 8. The fourth-order valence-electron chi connectivity index (χ4n) is 3.69. The molecule has 2 aliphatic rings. The molecule has 0 aromatic heterocycles. The molecular formula is C17H34N2O. The summed E-state index contributed by atoms with van der Waals surface area (Å²) in [6, 6.07) is 1.60. The van der Waals surface area contributed by atoms with Gasteiger partial charge in [-0.2, -0.15) is 0 Å². The molecule has 0 radical (unpaired) electrons. The van der Waals surface area contributed by atoms with E-state index >= 15 is 0 Å². The number of nitrogens with one attached hydrogen (secondary N) is 1. The zero-order valence-corrected chi connectivity index (χ0v) is 13.6. The third-order valence-corrected chi connectivity index (χ3v) is 5.06. The second-order valence-electron chi connectivity index (χ2n) is 6.72. The van der Waals surface area contributed by atoms with Crippen LogP contribution in [0.5, 0.6) is 0 Å². The number of nitrogens with zero attached hydrogens (tertiary/aromatic N) is 1. The van der Waals surface area contributed by atoms with Gasteiger partial charge < -0.3 is 15.0 Å². The lowest BCUT2D eigenvalue weighted by Gasteiger charge is -2.35. The maximum atomic E-state index is 5.71. The Kier molecular flexibility index (Phi) is 7.32. The Balaban J connectivity index is 1.55. The average molecular weight is 282 g/mol. The summed E-state index contributed by atoms with van der Waals surface area (Å²) in [4.78, 5) is 2.60. The van der Waals surface area contributed by atoms with Gasteiger partial charge in [-0.3, -0.25) is 0 Å². The van der Waals surface area contributed by atoms with Crippen LogP contribution in [0.1, 0.15) is 64.7 Å². The van der Waals surface area contributed by atoms with Crippen LogP contribution >= 0.6 is 0 Å². The van der Waals surface area contributed by atoms with E-state index in [-0.39, 0.29) is 0 Å². The second kappa shape index (κ2) is 9.01. The highest BCUT2D eigenvalue weighted by Gasteiger charge is 2.23. The van der Waals surface area contributed by atoms with E-state index in [2.05, 4.69) is 24.2 Å². The molecule has 1 saturated heterocycles. The van der Waals surface area contributed by atoms with Gasteiger partial charge in [-0.25, -0.2) is 0 Å². The van der Waals surface area contributed by atoms with Crippen molar-refractivity contribution in [3.63, 3.8) is 0 Å². The number of ether oxygens (including phenoxy) is 1. The fourth-order valence-corrected chi connectivity index (χ4v) is 3.69. The third kappa shape index (κ3) is 5.34. The maximum absolute atomic E-state index is 5.71. The van der Waals surface area contributed by atoms with Crippen molar-refractivity contribution in [3.8, 4) is 0 Å². The minimum absolute atomic E-state index is 0.567. The normalized spacial score (nSPS) is 31.1. The highest BCUT2D eigenvalue weighted by atomic mass is 16.5. The van der Waals surface area contributed by atoms with Crippen molar-refractivity contribution in [2.45, 2.75) is 82.9 Å². The molecule has 3 heteroatoms. The van der Waals surface area contributed by atoms with Crippen LogP contribution in [0, 0.1) is 0 Å². The van der Waals surface area contributed by atoms with Crippen LogP contribution in [-0.4, -0.2) is 49.8 Å². The number of hydrogen-bond acceptors (Lipinski definition) is 3. The smallest absolute Gasteiger partial charge is 0.0576 e. The Hall–Kier alpha value is -0.120. The van der Waals surface area contributed by atoms with Gasteiger partial charge in [-0.05, 0) is 77.9 Å². The molecule has 1 aliphatic heterocycles. The molecule has 1 saturated carbocycles. The molecule has 0 amide bonds. The summed E-state index contributed by atoms with van der Waals surface area (Å²) in [6.07, 6.45) is 12.4. The van der Waals surface area contributed by atoms with Crippen molar-refractivity contribution in [1.29, 1.82) is 0 Å². The first-order chi connectivity index (χ1) is 9.79. The Morgan fingerprint density at radius 2 is 1.95 bits per heavy atom. The minimum atomic E-state index is 0.567. The summed E-state index contributed by atoms with van der Waals surface area (Å²) in [7, 11) is 2.32. The summed E-state index contributed by atoms with van der Waals surface area (Å²) in [5.41, 5.74) is 0. The van der Waals surface area contributed by atoms with Gasteiger partial charge in [-0.15, -0.1) is 0 Å². The van der Waals surface area contributed by atoms with E-state index in [9.17, 15) is 0 Å². The Labute approximate surface area is 125 Å². The predicted octanol–water partition coefficient (Wildman–Crippen LogP) is 3.19. The van der Waals surface area contributed by atoms with Crippen molar-refractivity contribution >= 4 is 0 Å². The number of hydrogen-bond donors (Lipinski definition) is 1. The molecule has 1 unspecified atom stereocenters. The molecule has 1 aliphatic carbocycles. The van der Waals surface area contributed by atoms with Crippen LogP contribution in [0.3, 0.4) is 0 Å².